The number of nitrogens with one attached hydrogen (secondary N) is 1. The summed E-state index contributed by atoms with van der Waals surface area (Å²) in [6, 6.07) is 9.49. The van der Waals surface area contributed by atoms with Gasteiger partial charge in [-0.05, 0) is 43.4 Å². The monoisotopic (exact) mass is 1500 g/mol. The third kappa shape index (κ3) is 14.8. The molecule has 9 aromatic rings. The number of unbranched alkanes of at least 4 members (excludes halogenated alkanes) is 20. The molecule has 1 N–H and O–H groups in total. The van der Waals surface area contributed by atoms with Gasteiger partial charge in [0, 0.05) is 0 Å². The van der Waals surface area contributed by atoms with Gasteiger partial charge in [0.15, 0.2) is 116 Å². The molecule has 0 aromatic heterocycles. The quantitative estimate of drug-likeness (QED) is 0.0157. The first-order chi connectivity index (χ1) is 48.8. The van der Waals surface area contributed by atoms with Gasteiger partial charge in [-0.3, -0.25) is 0 Å². The van der Waals surface area contributed by atoms with Crippen molar-refractivity contribution in [2.75, 3.05) is 13.6 Å². The highest BCUT2D eigenvalue weighted by atomic mass is 19.2. The molecule has 558 valence electrons. The third-order valence-electron chi connectivity index (χ3n) is 18.9. The normalized spacial score (nSPS) is 12.3. The molecular weight excluding hydrogens is 1430 g/mol. The van der Waals surface area contributed by atoms with Gasteiger partial charge < -0.3 is 4.90 Å². The number of aryl methyl sites for hydroxylation is 1. The van der Waals surface area contributed by atoms with Crippen LogP contribution in [0.15, 0.2) is 24.3 Å². The standard InChI is InChI=1S/C40BF28.C33H61N/c42-13-1-5(25(54)37(66)33(62)21(1)50)17(46)29(58)9(13)41(10-14(43)2-6(18(47)30(10)59)26(55)38(67)34(63)22(2)51,11-15(44)3-7(19(48)31(11)60)27(56)39(68)35(64)23(3)52)12-16(45)4-8(20(49)32(12)61)28(57)40(69)36(65)24(4)53;1-4-6-8-10-12-13-14-15-16-17-18-19-20-21-23-25-31-34(3)33-29-27-32(28-30-33)26-24-22-11-9-7-5-2/h;27-30H,4-26,31H2,1-3H3/q-1;/p+1. The molecule has 0 saturated heterocycles. The maximum Gasteiger partial charge on any atom is 0.198 e. The fourth-order valence-corrected chi connectivity index (χ4v) is 13.5. The zero-order valence-corrected chi connectivity index (χ0v) is 54.9. The van der Waals surface area contributed by atoms with Crippen molar-refractivity contribution in [3.63, 3.8) is 0 Å². The van der Waals surface area contributed by atoms with Gasteiger partial charge in [0.1, 0.15) is 58.4 Å². The summed E-state index contributed by atoms with van der Waals surface area (Å²) < 4.78 is 442. The van der Waals surface area contributed by atoms with Crippen LogP contribution < -0.4 is 26.8 Å². The van der Waals surface area contributed by atoms with Gasteiger partial charge in [-0.2, -0.15) is 0 Å². The molecule has 30 heteroatoms. The predicted molar refractivity (Wildman–Crippen MR) is 333 cm³/mol. The van der Waals surface area contributed by atoms with Crippen molar-refractivity contribution < 1.29 is 128 Å². The highest BCUT2D eigenvalue weighted by Gasteiger charge is 2.53. The highest BCUT2D eigenvalue weighted by Crippen LogP contribution is 2.41. The Morgan fingerprint density at radius 1 is 0.214 bits per heavy atom. The molecule has 9 rings (SSSR count). The van der Waals surface area contributed by atoms with E-state index in [2.05, 4.69) is 45.2 Å². The first-order valence-electron chi connectivity index (χ1n) is 33.1. The maximum absolute atomic E-state index is 17.4. The molecule has 103 heavy (non-hydrogen) atoms. The van der Waals surface area contributed by atoms with E-state index >= 15 is 87.8 Å². The molecule has 0 bridgehead atoms. The fourth-order valence-electron chi connectivity index (χ4n) is 13.5. The molecule has 9 aromatic carbocycles. The van der Waals surface area contributed by atoms with Gasteiger partial charge >= 0.3 is 0 Å². The van der Waals surface area contributed by atoms with E-state index in [9.17, 15) is 35.1 Å². The zero-order chi connectivity index (χ0) is 76.1. The molecule has 1 nitrogen and oxygen atoms in total. The Morgan fingerprint density at radius 3 is 0.621 bits per heavy atom. The summed E-state index contributed by atoms with van der Waals surface area (Å²) in [5, 5.41) is -25.0. The highest BCUT2D eigenvalue weighted by molar-refractivity contribution is 7.20. The summed E-state index contributed by atoms with van der Waals surface area (Å²) in [6.07, 6.45) is 24.8. The average molecular weight is 1500 g/mol. The first-order valence-corrected chi connectivity index (χ1v) is 33.1. The molecule has 0 fully saturated rings. The smallest absolute Gasteiger partial charge is 0.198 e. The summed E-state index contributed by atoms with van der Waals surface area (Å²) in [5.41, 5.74) is -12.9. The molecule has 1 atom stereocenters. The van der Waals surface area contributed by atoms with Gasteiger partial charge in [0.2, 0.25) is 0 Å². The molecule has 0 aliphatic carbocycles. The molecule has 0 heterocycles. The minimum Gasteiger partial charge on any atom is -0.305 e. The lowest BCUT2D eigenvalue weighted by molar-refractivity contribution is -0.810. The summed E-state index contributed by atoms with van der Waals surface area (Å²) in [7, 11) is 2.34. The Hall–Kier alpha value is -7.92. The second kappa shape index (κ2) is 33.9. The second-order valence-corrected chi connectivity index (χ2v) is 25.4. The van der Waals surface area contributed by atoms with Gasteiger partial charge in [-0.25, -0.2) is 123 Å². The fraction of sp³-hybridized carbons (Fsp3) is 0.370. The average Bonchev–Trinajstić information content (AvgIpc) is 0.669. The number of halogens is 28. The van der Waals surface area contributed by atoms with E-state index in [0.717, 1.165) is 0 Å². The Labute approximate surface area is 570 Å². The number of benzene rings is 9. The Kier molecular flexibility index (Phi) is 26.6. The van der Waals surface area contributed by atoms with Crippen molar-refractivity contribution in [2.45, 2.75) is 162 Å². The topological polar surface area (TPSA) is 4.44 Å². The van der Waals surface area contributed by atoms with E-state index in [-0.39, 0.29) is 0 Å². The van der Waals surface area contributed by atoms with Crippen molar-refractivity contribution in [1.82, 2.24) is 0 Å². The van der Waals surface area contributed by atoms with E-state index in [4.69, 9.17) is 0 Å². The summed E-state index contributed by atoms with van der Waals surface area (Å²) in [6.45, 7) is 5.87. The largest absolute Gasteiger partial charge is 0.305 e. The van der Waals surface area contributed by atoms with Gasteiger partial charge in [-0.1, -0.05) is 148 Å². The second-order valence-electron chi connectivity index (χ2n) is 25.4. The van der Waals surface area contributed by atoms with Crippen LogP contribution in [0, 0.1) is 163 Å². The van der Waals surface area contributed by atoms with Crippen molar-refractivity contribution in [3.05, 3.63) is 193 Å². The van der Waals surface area contributed by atoms with E-state index in [1.54, 1.807) is 4.90 Å². The molecule has 0 aliphatic heterocycles. The molecule has 0 spiro atoms. The number of hydrogen-bond donors (Lipinski definition) is 1. The van der Waals surface area contributed by atoms with Crippen LogP contribution in [0.5, 0.6) is 0 Å². The third-order valence-corrected chi connectivity index (χ3v) is 18.9. The van der Waals surface area contributed by atoms with Crippen LogP contribution in [-0.2, 0) is 6.42 Å². The van der Waals surface area contributed by atoms with Crippen LogP contribution in [0.4, 0.5) is 129 Å². The zero-order valence-electron chi connectivity index (χ0n) is 54.9. The SMILES string of the molecule is CCCCCCCCCCCCCCCCCC[NH+](C)c1ccc(CCCCCCCC)cc1.Fc1c(F)c(F)c2c(F)c([B-](c3c(F)c(F)c4c(F)c(F)c(F)c(F)c4c3F)(c3c(F)c(F)c4c(F)c(F)c(F)c(F)c4c3F)c3c(F)c(F)c4c(F)c(F)c(F)c(F)c4c3F)c(F)c(F)c2c1F. The van der Waals surface area contributed by atoms with E-state index in [0.29, 0.717) is 0 Å². The van der Waals surface area contributed by atoms with Crippen molar-refractivity contribution >= 4 is 76.8 Å². The van der Waals surface area contributed by atoms with E-state index in [1.807, 2.05) is 0 Å². The predicted octanol–water partition coefficient (Wildman–Crippen LogP) is 21.6. The van der Waals surface area contributed by atoms with Crippen LogP contribution in [0.3, 0.4) is 0 Å². The maximum atomic E-state index is 17.4. The Bertz CT molecular complexity index is 4200. The lowest BCUT2D eigenvalue weighted by Crippen LogP contribution is -3.03. The van der Waals surface area contributed by atoms with Crippen LogP contribution >= 0.6 is 0 Å². The van der Waals surface area contributed by atoms with Crippen LogP contribution in [0.25, 0.3) is 43.1 Å². The number of rotatable bonds is 29. The summed E-state index contributed by atoms with van der Waals surface area (Å²) >= 11 is 0. The van der Waals surface area contributed by atoms with E-state index in [1.165, 1.54) is 165 Å². The van der Waals surface area contributed by atoms with Crippen molar-refractivity contribution in [1.29, 1.82) is 0 Å². The number of hydrogen-bond acceptors (Lipinski definition) is 0. The Morgan fingerprint density at radius 2 is 0.398 bits per heavy atom. The lowest BCUT2D eigenvalue weighted by Gasteiger charge is -2.45. The van der Waals surface area contributed by atoms with E-state index < -0.39 is 234 Å². The molecule has 0 amide bonds. The minimum absolute atomic E-state index is 1.25. The van der Waals surface area contributed by atoms with Crippen LogP contribution in [-0.4, -0.2) is 19.7 Å². The van der Waals surface area contributed by atoms with Gasteiger partial charge in [0.05, 0.1) is 56.7 Å². The van der Waals surface area contributed by atoms with Gasteiger partial charge in [-0.15, -0.1) is 21.9 Å². The lowest BCUT2D eigenvalue weighted by atomic mass is 9.12. The van der Waals surface area contributed by atoms with Crippen molar-refractivity contribution in [2.24, 2.45) is 0 Å². The van der Waals surface area contributed by atoms with Crippen LogP contribution in [0.1, 0.15) is 161 Å². The minimum atomic E-state index is -7.99. The van der Waals surface area contributed by atoms with Gasteiger partial charge in [0.25, 0.3) is 0 Å². The number of quaternary nitrogens is 1. The molecule has 0 radical (unpaired) electrons. The molecule has 0 aliphatic rings. The molecule has 1 unspecified atom stereocenters. The molecule has 0 saturated carbocycles. The summed E-state index contributed by atoms with van der Waals surface area (Å²) in [4.78, 5) is 1.58. The van der Waals surface area contributed by atoms with Crippen molar-refractivity contribution in [3.8, 4) is 0 Å². The Balaban J connectivity index is 0.000000333. The number of fused-ring (bicyclic) bond motifs is 4. The summed E-state index contributed by atoms with van der Waals surface area (Å²) in [5.74, 6) is -102. The van der Waals surface area contributed by atoms with Crippen LogP contribution in [0.2, 0.25) is 0 Å². The molecular formula is C73H62BF28N. The first kappa shape index (κ1) is 80.8.